The molecule has 0 atom stereocenters. The van der Waals surface area contributed by atoms with Crippen LogP contribution in [0.25, 0.3) is 0 Å². The Balaban J connectivity index is 3.03. The van der Waals surface area contributed by atoms with Gasteiger partial charge in [-0.3, -0.25) is 0 Å². The number of phenolic OH excluding ortho intramolecular Hbond substituents is 1. The van der Waals surface area contributed by atoms with Gasteiger partial charge in [-0.1, -0.05) is 11.6 Å². The average Bonchev–Trinajstić information content (AvgIpc) is 2.19. The minimum absolute atomic E-state index is 0.224. The fourth-order valence-corrected chi connectivity index (χ4v) is 1.56. The van der Waals surface area contributed by atoms with E-state index in [1.54, 1.807) is 19.2 Å². The van der Waals surface area contributed by atoms with Crippen LogP contribution in [0.3, 0.4) is 0 Å². The molecule has 0 bridgehead atoms. The minimum Gasteiger partial charge on any atom is -0.508 e. The quantitative estimate of drug-likeness (QED) is 0.805. The summed E-state index contributed by atoms with van der Waals surface area (Å²) in [5, 5.41) is 13.1. The lowest BCUT2D eigenvalue weighted by molar-refractivity contribution is 0.399. The molecule has 2 N–H and O–H groups in total. The van der Waals surface area contributed by atoms with E-state index in [1.165, 1.54) is 0 Å². The van der Waals surface area contributed by atoms with Crippen LogP contribution in [-0.2, 0) is 6.42 Å². The lowest BCUT2D eigenvalue weighted by Crippen LogP contribution is -2.11. The highest BCUT2D eigenvalue weighted by atomic mass is 35.5. The van der Waals surface area contributed by atoms with Gasteiger partial charge in [-0.25, -0.2) is 0 Å². The maximum absolute atomic E-state index is 9.61. The van der Waals surface area contributed by atoms with Crippen LogP contribution in [0, 0.1) is 0 Å². The average molecular weight is 216 g/mol. The van der Waals surface area contributed by atoms with Crippen molar-refractivity contribution in [3.05, 3.63) is 22.7 Å². The largest absolute Gasteiger partial charge is 0.508 e. The fraction of sp³-hybridized carbons (Fsp3) is 0.400. The van der Waals surface area contributed by atoms with Gasteiger partial charge in [-0.2, -0.15) is 0 Å². The number of phenols is 1. The molecule has 0 amide bonds. The molecular formula is C10H14ClNO2. The summed E-state index contributed by atoms with van der Waals surface area (Å²) in [4.78, 5) is 0. The Morgan fingerprint density at radius 1 is 1.50 bits per heavy atom. The lowest BCUT2D eigenvalue weighted by Gasteiger charge is -2.11. The Bertz CT molecular complexity index is 315. The van der Waals surface area contributed by atoms with E-state index in [4.69, 9.17) is 16.3 Å². The smallest absolute Gasteiger partial charge is 0.144 e. The monoisotopic (exact) mass is 215 g/mol. The zero-order chi connectivity index (χ0) is 10.6. The van der Waals surface area contributed by atoms with Crippen molar-refractivity contribution in [1.29, 1.82) is 0 Å². The number of aromatic hydroxyl groups is 1. The summed E-state index contributed by atoms with van der Waals surface area (Å²) >= 11 is 5.92. The first-order valence-electron chi connectivity index (χ1n) is 4.39. The van der Waals surface area contributed by atoms with E-state index >= 15 is 0 Å². The second-order valence-electron chi connectivity index (χ2n) is 2.93. The van der Waals surface area contributed by atoms with Crippen molar-refractivity contribution in [3.63, 3.8) is 0 Å². The number of benzene rings is 1. The topological polar surface area (TPSA) is 41.5 Å². The molecule has 0 saturated carbocycles. The number of rotatable bonds is 4. The van der Waals surface area contributed by atoms with Crippen LogP contribution in [0.2, 0.25) is 5.02 Å². The minimum atomic E-state index is 0.224. The van der Waals surface area contributed by atoms with Gasteiger partial charge >= 0.3 is 0 Å². The number of nitrogens with one attached hydrogen (secondary N) is 1. The molecule has 0 spiro atoms. The van der Waals surface area contributed by atoms with Crippen molar-refractivity contribution in [1.82, 2.24) is 5.32 Å². The van der Waals surface area contributed by atoms with E-state index in [0.29, 0.717) is 17.2 Å². The van der Waals surface area contributed by atoms with Gasteiger partial charge in [-0.05, 0) is 32.1 Å². The summed E-state index contributed by atoms with van der Waals surface area (Å²) < 4.78 is 5.13. The Labute approximate surface area is 88.7 Å². The molecule has 4 heteroatoms. The number of hydrogen-bond acceptors (Lipinski definition) is 3. The highest BCUT2D eigenvalue weighted by Gasteiger charge is 2.11. The molecule has 14 heavy (non-hydrogen) atoms. The van der Waals surface area contributed by atoms with Crippen molar-refractivity contribution in [2.24, 2.45) is 0 Å². The summed E-state index contributed by atoms with van der Waals surface area (Å²) in [5.41, 5.74) is 0.745. The van der Waals surface area contributed by atoms with Crippen LogP contribution >= 0.6 is 11.6 Å². The van der Waals surface area contributed by atoms with E-state index in [2.05, 4.69) is 5.32 Å². The molecule has 1 rings (SSSR count). The van der Waals surface area contributed by atoms with Gasteiger partial charge in [0.25, 0.3) is 0 Å². The maximum Gasteiger partial charge on any atom is 0.144 e. The summed E-state index contributed by atoms with van der Waals surface area (Å²) in [6.45, 7) is 0.768. The van der Waals surface area contributed by atoms with Crippen LogP contribution in [0.4, 0.5) is 0 Å². The zero-order valence-corrected chi connectivity index (χ0v) is 9.06. The van der Waals surface area contributed by atoms with Crippen LogP contribution in [0.15, 0.2) is 12.1 Å². The molecule has 3 nitrogen and oxygen atoms in total. The molecule has 0 saturated heterocycles. The highest BCUT2D eigenvalue weighted by Crippen LogP contribution is 2.34. The molecular weight excluding hydrogens is 202 g/mol. The van der Waals surface area contributed by atoms with Crippen molar-refractivity contribution in [2.45, 2.75) is 6.42 Å². The predicted molar refractivity (Wildman–Crippen MR) is 57.3 cm³/mol. The first kappa shape index (κ1) is 11.1. The van der Waals surface area contributed by atoms with Gasteiger partial charge < -0.3 is 15.2 Å². The van der Waals surface area contributed by atoms with Crippen LogP contribution in [-0.4, -0.2) is 25.8 Å². The second-order valence-corrected chi connectivity index (χ2v) is 3.34. The van der Waals surface area contributed by atoms with Gasteiger partial charge in [-0.15, -0.1) is 0 Å². The Kier molecular flexibility index (Phi) is 4.04. The number of methoxy groups -OCH3 is 1. The Morgan fingerprint density at radius 3 is 2.79 bits per heavy atom. The number of halogens is 1. The van der Waals surface area contributed by atoms with E-state index in [0.717, 1.165) is 12.1 Å². The van der Waals surface area contributed by atoms with Crippen molar-refractivity contribution in [3.8, 4) is 11.5 Å². The van der Waals surface area contributed by atoms with Gasteiger partial charge in [0, 0.05) is 5.56 Å². The van der Waals surface area contributed by atoms with Crippen LogP contribution < -0.4 is 10.1 Å². The van der Waals surface area contributed by atoms with Crippen LogP contribution in [0.5, 0.6) is 11.5 Å². The third-order valence-corrected chi connectivity index (χ3v) is 2.31. The summed E-state index contributed by atoms with van der Waals surface area (Å²) in [7, 11) is 3.40. The highest BCUT2D eigenvalue weighted by molar-refractivity contribution is 6.32. The summed E-state index contributed by atoms with van der Waals surface area (Å²) in [5.74, 6) is 0.781. The van der Waals surface area contributed by atoms with Crippen molar-refractivity contribution in [2.75, 3.05) is 20.7 Å². The number of hydrogen-bond donors (Lipinski definition) is 2. The molecule has 0 unspecified atom stereocenters. The van der Waals surface area contributed by atoms with Gasteiger partial charge in [0.05, 0.1) is 12.1 Å². The van der Waals surface area contributed by atoms with E-state index in [-0.39, 0.29) is 5.75 Å². The molecule has 0 radical (unpaired) electrons. The van der Waals surface area contributed by atoms with Gasteiger partial charge in [0.2, 0.25) is 0 Å². The van der Waals surface area contributed by atoms with Gasteiger partial charge in [0.1, 0.15) is 11.5 Å². The molecule has 0 fully saturated rings. The predicted octanol–water partition coefficient (Wildman–Crippen LogP) is 1.82. The third-order valence-electron chi connectivity index (χ3n) is 2.02. The Hall–Kier alpha value is -0.930. The molecule has 1 aromatic rings. The fourth-order valence-electron chi connectivity index (χ4n) is 1.30. The SMILES string of the molecule is CNCCc1c(O)ccc(Cl)c1OC. The molecule has 0 heterocycles. The van der Waals surface area contributed by atoms with Crippen molar-refractivity contribution >= 4 is 11.6 Å². The maximum atomic E-state index is 9.61. The molecule has 78 valence electrons. The standard InChI is InChI=1S/C10H14ClNO2/c1-12-6-5-7-9(13)4-3-8(11)10(7)14-2/h3-4,12-13H,5-6H2,1-2H3. The molecule has 1 aromatic carbocycles. The lowest BCUT2D eigenvalue weighted by atomic mass is 10.1. The second kappa shape index (κ2) is 5.08. The van der Waals surface area contributed by atoms with Gasteiger partial charge in [0.15, 0.2) is 0 Å². The zero-order valence-electron chi connectivity index (χ0n) is 8.30. The molecule has 0 aromatic heterocycles. The van der Waals surface area contributed by atoms with E-state index in [9.17, 15) is 5.11 Å². The van der Waals surface area contributed by atoms with E-state index in [1.807, 2.05) is 7.05 Å². The first-order valence-corrected chi connectivity index (χ1v) is 4.77. The first-order chi connectivity index (χ1) is 6.70. The van der Waals surface area contributed by atoms with E-state index < -0.39 is 0 Å². The molecule has 0 aliphatic rings. The summed E-state index contributed by atoms with van der Waals surface area (Å²) in [6.07, 6.45) is 0.687. The van der Waals surface area contributed by atoms with Crippen molar-refractivity contribution < 1.29 is 9.84 Å². The van der Waals surface area contributed by atoms with Crippen LogP contribution in [0.1, 0.15) is 5.56 Å². The Morgan fingerprint density at radius 2 is 2.21 bits per heavy atom. The number of ether oxygens (including phenoxy) is 1. The third kappa shape index (κ3) is 2.30. The molecule has 0 aliphatic carbocycles. The molecule has 0 aliphatic heterocycles. The summed E-state index contributed by atoms with van der Waals surface area (Å²) in [6, 6.07) is 3.20. The normalized spacial score (nSPS) is 10.2. The number of likely N-dealkylation sites (N-methyl/N-ethyl adjacent to an activating group) is 1.